The number of aliphatic hydroxyl groups is 1. The zero-order chi connectivity index (χ0) is 14.5. The molecule has 0 aromatic heterocycles. The van der Waals surface area contributed by atoms with E-state index in [1.807, 2.05) is 0 Å². The van der Waals surface area contributed by atoms with Crippen LogP contribution >= 0.6 is 0 Å². The summed E-state index contributed by atoms with van der Waals surface area (Å²) in [5.41, 5.74) is 5.99. The molecule has 2 atom stereocenters. The minimum Gasteiger partial charge on any atom is -0.391 e. The molecular formula is C15H20N2O3. The second-order valence-corrected chi connectivity index (χ2v) is 5.23. The van der Waals surface area contributed by atoms with Crippen molar-refractivity contribution in [3.63, 3.8) is 0 Å². The first-order valence-corrected chi connectivity index (χ1v) is 6.96. The van der Waals surface area contributed by atoms with Crippen LogP contribution in [0.1, 0.15) is 52.8 Å². The summed E-state index contributed by atoms with van der Waals surface area (Å²) in [6.07, 6.45) is 4.16. The van der Waals surface area contributed by atoms with Gasteiger partial charge in [-0.15, -0.1) is 0 Å². The maximum Gasteiger partial charge on any atom is 0.251 e. The van der Waals surface area contributed by atoms with Crippen LogP contribution in [0.2, 0.25) is 0 Å². The standard InChI is InChI=1S/C15H20N2O3/c16-14(19)10-6-8-11(9-7-10)15(20)17-12-4-2-1-3-5-13(12)18/h6-9,12-13,18H,1-5H2,(H2,16,19)(H,17,20). The summed E-state index contributed by atoms with van der Waals surface area (Å²) in [5.74, 6) is -0.747. The molecule has 20 heavy (non-hydrogen) atoms. The van der Waals surface area contributed by atoms with E-state index in [9.17, 15) is 14.7 Å². The van der Waals surface area contributed by atoms with Gasteiger partial charge in [0.25, 0.3) is 5.91 Å². The van der Waals surface area contributed by atoms with Crippen LogP contribution in [0.4, 0.5) is 0 Å². The van der Waals surface area contributed by atoms with Crippen LogP contribution in [0, 0.1) is 0 Å². The van der Waals surface area contributed by atoms with Gasteiger partial charge in [-0.05, 0) is 37.1 Å². The van der Waals surface area contributed by atoms with Crippen LogP contribution in [0.25, 0.3) is 0 Å². The highest BCUT2D eigenvalue weighted by molar-refractivity contribution is 5.97. The summed E-state index contributed by atoms with van der Waals surface area (Å²) < 4.78 is 0. The van der Waals surface area contributed by atoms with E-state index in [2.05, 4.69) is 5.32 Å². The first-order chi connectivity index (χ1) is 9.58. The lowest BCUT2D eigenvalue weighted by Gasteiger charge is -2.21. The minimum atomic E-state index is -0.517. The smallest absolute Gasteiger partial charge is 0.251 e. The number of primary amides is 1. The van der Waals surface area contributed by atoms with Crippen LogP contribution in [0.3, 0.4) is 0 Å². The minimum absolute atomic E-state index is 0.194. The topological polar surface area (TPSA) is 92.4 Å². The number of hydrogen-bond acceptors (Lipinski definition) is 3. The van der Waals surface area contributed by atoms with Gasteiger partial charge in [0.1, 0.15) is 0 Å². The van der Waals surface area contributed by atoms with Gasteiger partial charge in [-0.1, -0.05) is 19.3 Å². The molecule has 2 unspecified atom stereocenters. The molecule has 1 aliphatic rings. The summed E-state index contributed by atoms with van der Waals surface area (Å²) in [5, 5.41) is 12.9. The quantitative estimate of drug-likeness (QED) is 0.724. The van der Waals surface area contributed by atoms with E-state index >= 15 is 0 Å². The molecule has 5 nitrogen and oxygen atoms in total. The third kappa shape index (κ3) is 3.57. The highest BCUT2D eigenvalue weighted by Gasteiger charge is 2.23. The van der Waals surface area contributed by atoms with Crippen molar-refractivity contribution >= 4 is 11.8 Å². The number of hydrogen-bond donors (Lipinski definition) is 3. The fourth-order valence-corrected chi connectivity index (χ4v) is 2.49. The first-order valence-electron chi connectivity index (χ1n) is 6.96. The second kappa shape index (κ2) is 6.52. The molecule has 0 radical (unpaired) electrons. The molecule has 1 aromatic carbocycles. The lowest BCUT2D eigenvalue weighted by atomic mass is 10.0. The van der Waals surface area contributed by atoms with E-state index in [-0.39, 0.29) is 11.9 Å². The van der Waals surface area contributed by atoms with Gasteiger partial charge in [0.05, 0.1) is 12.1 Å². The molecule has 4 N–H and O–H groups in total. The van der Waals surface area contributed by atoms with Crippen LogP contribution in [-0.2, 0) is 0 Å². The van der Waals surface area contributed by atoms with Gasteiger partial charge in [0.2, 0.25) is 5.91 Å². The summed E-state index contributed by atoms with van der Waals surface area (Å²) in [6.45, 7) is 0. The summed E-state index contributed by atoms with van der Waals surface area (Å²) >= 11 is 0. The van der Waals surface area contributed by atoms with E-state index < -0.39 is 12.0 Å². The van der Waals surface area contributed by atoms with E-state index in [0.717, 1.165) is 32.1 Å². The van der Waals surface area contributed by atoms with Crippen molar-refractivity contribution in [1.29, 1.82) is 0 Å². The molecule has 1 aromatic rings. The maximum absolute atomic E-state index is 12.1. The number of nitrogens with one attached hydrogen (secondary N) is 1. The number of benzene rings is 1. The number of aliphatic hydroxyl groups excluding tert-OH is 1. The number of carbonyl (C=O) groups is 2. The van der Waals surface area contributed by atoms with Gasteiger partial charge < -0.3 is 16.2 Å². The van der Waals surface area contributed by atoms with Crippen molar-refractivity contribution in [1.82, 2.24) is 5.32 Å². The Morgan fingerprint density at radius 1 is 1.05 bits per heavy atom. The molecule has 0 heterocycles. The predicted octanol–water partition coefficient (Wildman–Crippen LogP) is 1.21. The molecule has 0 spiro atoms. The molecule has 1 saturated carbocycles. The molecular weight excluding hydrogens is 256 g/mol. The van der Waals surface area contributed by atoms with Crippen LogP contribution in [-0.4, -0.2) is 29.1 Å². The zero-order valence-corrected chi connectivity index (χ0v) is 11.3. The van der Waals surface area contributed by atoms with Gasteiger partial charge in [-0.25, -0.2) is 0 Å². The van der Waals surface area contributed by atoms with Crippen LogP contribution in [0.15, 0.2) is 24.3 Å². The van der Waals surface area contributed by atoms with E-state index in [1.54, 1.807) is 12.1 Å². The number of rotatable bonds is 3. The van der Waals surface area contributed by atoms with E-state index in [4.69, 9.17) is 5.73 Å². The average Bonchev–Trinajstić information content (AvgIpc) is 2.64. The Kier molecular flexibility index (Phi) is 4.74. The summed E-state index contributed by atoms with van der Waals surface area (Å²) in [7, 11) is 0. The van der Waals surface area contributed by atoms with Gasteiger partial charge in [0.15, 0.2) is 0 Å². The molecule has 5 heteroatoms. The Balaban J connectivity index is 2.01. The molecule has 1 fully saturated rings. The number of amides is 2. The largest absolute Gasteiger partial charge is 0.391 e. The van der Waals surface area contributed by atoms with Crippen molar-refractivity contribution in [2.45, 2.75) is 44.2 Å². The van der Waals surface area contributed by atoms with Crippen molar-refractivity contribution < 1.29 is 14.7 Å². The average molecular weight is 276 g/mol. The maximum atomic E-state index is 12.1. The van der Waals surface area contributed by atoms with Crippen molar-refractivity contribution in [2.24, 2.45) is 5.73 Å². The Labute approximate surface area is 118 Å². The lowest BCUT2D eigenvalue weighted by Crippen LogP contribution is -2.42. The van der Waals surface area contributed by atoms with E-state index in [1.165, 1.54) is 12.1 Å². The van der Waals surface area contributed by atoms with Gasteiger partial charge in [0, 0.05) is 11.1 Å². The predicted molar refractivity (Wildman–Crippen MR) is 75.3 cm³/mol. The van der Waals surface area contributed by atoms with Crippen LogP contribution < -0.4 is 11.1 Å². The van der Waals surface area contributed by atoms with Gasteiger partial charge in [-0.3, -0.25) is 9.59 Å². The Morgan fingerprint density at radius 2 is 1.65 bits per heavy atom. The molecule has 0 saturated heterocycles. The fourth-order valence-electron chi connectivity index (χ4n) is 2.49. The first kappa shape index (κ1) is 14.5. The van der Waals surface area contributed by atoms with Crippen molar-refractivity contribution in [2.75, 3.05) is 0 Å². The molecule has 0 aliphatic heterocycles. The Morgan fingerprint density at radius 3 is 2.30 bits per heavy atom. The van der Waals surface area contributed by atoms with Crippen molar-refractivity contribution in [3.05, 3.63) is 35.4 Å². The zero-order valence-electron chi connectivity index (χ0n) is 11.3. The van der Waals surface area contributed by atoms with Crippen LogP contribution in [0.5, 0.6) is 0 Å². The third-order valence-electron chi connectivity index (χ3n) is 3.73. The Bertz CT molecular complexity index is 484. The Hall–Kier alpha value is -1.88. The fraction of sp³-hybridized carbons (Fsp3) is 0.467. The highest BCUT2D eigenvalue weighted by atomic mass is 16.3. The van der Waals surface area contributed by atoms with Gasteiger partial charge >= 0.3 is 0 Å². The lowest BCUT2D eigenvalue weighted by molar-refractivity contribution is 0.0818. The highest BCUT2D eigenvalue weighted by Crippen LogP contribution is 2.18. The normalized spacial score (nSPS) is 22.9. The number of carbonyl (C=O) groups excluding carboxylic acids is 2. The van der Waals surface area contributed by atoms with E-state index in [0.29, 0.717) is 11.1 Å². The SMILES string of the molecule is NC(=O)c1ccc(C(=O)NC2CCCCCC2O)cc1. The van der Waals surface area contributed by atoms with Gasteiger partial charge in [-0.2, -0.15) is 0 Å². The third-order valence-corrected chi connectivity index (χ3v) is 3.73. The molecule has 1 aliphatic carbocycles. The van der Waals surface area contributed by atoms with Crippen molar-refractivity contribution in [3.8, 4) is 0 Å². The molecule has 0 bridgehead atoms. The molecule has 108 valence electrons. The molecule has 2 amide bonds. The monoisotopic (exact) mass is 276 g/mol. The second-order valence-electron chi connectivity index (χ2n) is 5.23. The summed E-state index contributed by atoms with van der Waals surface area (Å²) in [4.78, 5) is 23.1. The number of nitrogens with two attached hydrogens (primary N) is 1. The summed E-state index contributed by atoms with van der Waals surface area (Å²) in [6, 6.07) is 6.00. The molecule has 2 rings (SSSR count).